The van der Waals surface area contributed by atoms with Crippen LogP contribution in [-0.2, 0) is 0 Å². The first kappa shape index (κ1) is 12.1. The lowest BCUT2D eigenvalue weighted by Crippen LogP contribution is -1.89. The summed E-state index contributed by atoms with van der Waals surface area (Å²) in [5.41, 5.74) is 8.81. The third-order valence-electron chi connectivity index (χ3n) is 2.19. The van der Waals surface area contributed by atoms with Crippen molar-refractivity contribution in [3.05, 3.63) is 51.5 Å². The van der Waals surface area contributed by atoms with Gasteiger partial charge in [0.2, 0.25) is 0 Å². The monoisotopic (exact) mass is 263 g/mol. The molecule has 0 saturated carbocycles. The summed E-state index contributed by atoms with van der Waals surface area (Å²) in [4.78, 5) is 14.0. The molecule has 0 bridgehead atoms. The highest BCUT2D eigenvalue weighted by molar-refractivity contribution is 7.17. The Morgan fingerprint density at radius 3 is 2.78 bits per heavy atom. The first-order valence-corrected chi connectivity index (χ1v) is 5.61. The number of rotatable bonds is 3. The summed E-state index contributed by atoms with van der Waals surface area (Å²) in [5, 5.41) is 12.2. The Kier molecular flexibility index (Phi) is 3.27. The second kappa shape index (κ2) is 4.87. The number of thiophene rings is 1. The molecule has 5 nitrogen and oxygen atoms in total. The van der Waals surface area contributed by atoms with E-state index in [1.54, 1.807) is 0 Å². The van der Waals surface area contributed by atoms with Gasteiger partial charge >= 0.3 is 5.97 Å². The maximum Gasteiger partial charge on any atom is 0.345 e. The Labute approximate surface area is 105 Å². The van der Waals surface area contributed by atoms with Gasteiger partial charge in [-0.05, 0) is 35.9 Å². The van der Waals surface area contributed by atoms with Gasteiger partial charge in [-0.25, -0.2) is 9.18 Å². The molecule has 2 rings (SSSR count). The van der Waals surface area contributed by atoms with Crippen LogP contribution in [0.3, 0.4) is 0 Å². The fraction of sp³-hybridized carbons (Fsp3) is 0. The minimum Gasteiger partial charge on any atom is -0.477 e. The predicted octanol–water partition coefficient (Wildman–Crippen LogP) is 4.19. The highest BCUT2D eigenvalue weighted by atomic mass is 32.1. The third-order valence-corrected chi connectivity index (χ3v) is 3.30. The van der Waals surface area contributed by atoms with Crippen LogP contribution < -0.4 is 0 Å². The summed E-state index contributed by atoms with van der Waals surface area (Å²) in [5.74, 6) is -1.55. The first-order chi connectivity index (χ1) is 8.61. The van der Waals surface area contributed by atoms with E-state index in [0.717, 1.165) is 11.3 Å². The molecule has 0 aliphatic carbocycles. The maximum absolute atomic E-state index is 13.6. The van der Waals surface area contributed by atoms with Crippen LogP contribution in [0.15, 0.2) is 35.4 Å². The number of azide groups is 1. The van der Waals surface area contributed by atoms with Crippen molar-refractivity contribution in [2.24, 2.45) is 5.11 Å². The van der Waals surface area contributed by atoms with Crippen molar-refractivity contribution in [3.63, 3.8) is 0 Å². The Balaban J connectivity index is 2.51. The number of halogens is 1. The van der Waals surface area contributed by atoms with Gasteiger partial charge in [-0.15, -0.1) is 11.3 Å². The highest BCUT2D eigenvalue weighted by Crippen LogP contribution is 2.32. The predicted molar refractivity (Wildman–Crippen MR) is 65.5 cm³/mol. The van der Waals surface area contributed by atoms with Gasteiger partial charge in [-0.3, -0.25) is 0 Å². The van der Waals surface area contributed by atoms with E-state index in [2.05, 4.69) is 10.0 Å². The quantitative estimate of drug-likeness (QED) is 0.511. The number of aromatic carboxylic acids is 1. The molecule has 7 heteroatoms. The second-order valence-electron chi connectivity index (χ2n) is 3.32. The van der Waals surface area contributed by atoms with E-state index >= 15 is 0 Å². The number of carbonyl (C=O) groups is 1. The number of carboxylic acid groups (broad SMARTS) is 1. The molecular weight excluding hydrogens is 257 g/mol. The molecule has 0 spiro atoms. The van der Waals surface area contributed by atoms with Crippen molar-refractivity contribution in [1.29, 1.82) is 0 Å². The van der Waals surface area contributed by atoms with E-state index in [4.69, 9.17) is 10.6 Å². The maximum atomic E-state index is 13.6. The van der Waals surface area contributed by atoms with Gasteiger partial charge in [0, 0.05) is 21.0 Å². The number of nitrogens with zero attached hydrogens (tertiary/aromatic N) is 3. The van der Waals surface area contributed by atoms with Crippen LogP contribution in [-0.4, -0.2) is 11.1 Å². The lowest BCUT2D eigenvalue weighted by atomic mass is 10.1. The van der Waals surface area contributed by atoms with E-state index in [-0.39, 0.29) is 16.1 Å². The van der Waals surface area contributed by atoms with E-state index in [1.807, 2.05) is 0 Å². The zero-order valence-electron chi connectivity index (χ0n) is 8.87. The number of carboxylic acids is 1. The molecule has 90 valence electrons. The van der Waals surface area contributed by atoms with E-state index in [1.165, 1.54) is 30.3 Å². The van der Waals surface area contributed by atoms with E-state index < -0.39 is 11.8 Å². The second-order valence-corrected chi connectivity index (χ2v) is 4.41. The summed E-state index contributed by atoms with van der Waals surface area (Å²) in [7, 11) is 0. The molecule has 0 unspecified atom stereocenters. The standard InChI is InChI=1S/C11H6FN3O2S/c12-8-2-1-6(14-15-13)5-7(8)9-3-4-10(18-9)11(16)17/h1-5H,(H,16,17). The lowest BCUT2D eigenvalue weighted by molar-refractivity contribution is 0.0702. The molecule has 1 heterocycles. The molecule has 0 radical (unpaired) electrons. The molecule has 0 amide bonds. The van der Waals surface area contributed by atoms with Crippen molar-refractivity contribution >= 4 is 23.0 Å². The van der Waals surface area contributed by atoms with Gasteiger partial charge in [-0.2, -0.15) is 0 Å². The fourth-order valence-electron chi connectivity index (χ4n) is 1.41. The van der Waals surface area contributed by atoms with Crippen LogP contribution in [0.1, 0.15) is 9.67 Å². The smallest absolute Gasteiger partial charge is 0.345 e. The Morgan fingerprint density at radius 1 is 1.39 bits per heavy atom. The Morgan fingerprint density at radius 2 is 2.17 bits per heavy atom. The summed E-state index contributed by atoms with van der Waals surface area (Å²) in [6.07, 6.45) is 0. The number of hydrogen-bond acceptors (Lipinski definition) is 3. The molecular formula is C11H6FN3O2S. The molecule has 1 aromatic carbocycles. The van der Waals surface area contributed by atoms with Crippen molar-refractivity contribution in [1.82, 2.24) is 0 Å². The van der Waals surface area contributed by atoms with Gasteiger partial charge in [0.15, 0.2) is 0 Å². The molecule has 2 aromatic rings. The lowest BCUT2D eigenvalue weighted by Gasteiger charge is -2.01. The van der Waals surface area contributed by atoms with Crippen LogP contribution in [0.5, 0.6) is 0 Å². The zero-order chi connectivity index (χ0) is 13.1. The molecule has 0 atom stereocenters. The van der Waals surface area contributed by atoms with E-state index in [0.29, 0.717) is 4.88 Å². The topological polar surface area (TPSA) is 86.1 Å². The van der Waals surface area contributed by atoms with Crippen LogP contribution in [0, 0.1) is 5.82 Å². The van der Waals surface area contributed by atoms with Crippen LogP contribution in [0.25, 0.3) is 20.9 Å². The summed E-state index contributed by atoms with van der Waals surface area (Å²) in [6, 6.07) is 6.84. The van der Waals surface area contributed by atoms with Crippen molar-refractivity contribution in [2.45, 2.75) is 0 Å². The molecule has 0 saturated heterocycles. The normalized spacial score (nSPS) is 9.83. The largest absolute Gasteiger partial charge is 0.477 e. The summed E-state index contributed by atoms with van der Waals surface area (Å²) in [6.45, 7) is 0. The molecule has 1 aromatic heterocycles. The van der Waals surface area contributed by atoms with Crippen molar-refractivity contribution in [2.75, 3.05) is 0 Å². The minimum absolute atomic E-state index is 0.124. The summed E-state index contributed by atoms with van der Waals surface area (Å²) >= 11 is 0.961. The van der Waals surface area contributed by atoms with Crippen LogP contribution in [0.2, 0.25) is 0 Å². The molecule has 0 aliphatic heterocycles. The van der Waals surface area contributed by atoms with Gasteiger partial charge in [0.25, 0.3) is 0 Å². The number of benzene rings is 1. The van der Waals surface area contributed by atoms with E-state index in [9.17, 15) is 9.18 Å². The van der Waals surface area contributed by atoms with Crippen molar-refractivity contribution < 1.29 is 14.3 Å². The number of hydrogen-bond donors (Lipinski definition) is 1. The fourth-order valence-corrected chi connectivity index (χ4v) is 2.28. The molecule has 0 fully saturated rings. The summed E-state index contributed by atoms with van der Waals surface area (Å²) < 4.78 is 13.6. The van der Waals surface area contributed by atoms with Gasteiger partial charge in [0.1, 0.15) is 10.7 Å². The van der Waals surface area contributed by atoms with Gasteiger partial charge in [0.05, 0.1) is 0 Å². The van der Waals surface area contributed by atoms with Gasteiger partial charge < -0.3 is 5.11 Å². The zero-order valence-corrected chi connectivity index (χ0v) is 9.69. The minimum atomic E-state index is -1.06. The average Bonchev–Trinajstić information content (AvgIpc) is 2.81. The third kappa shape index (κ3) is 2.32. The molecule has 1 N–H and O–H groups in total. The van der Waals surface area contributed by atoms with Crippen molar-refractivity contribution in [3.8, 4) is 10.4 Å². The first-order valence-electron chi connectivity index (χ1n) is 4.80. The SMILES string of the molecule is [N-]=[N+]=Nc1ccc(F)c(-c2ccc(C(=O)O)s2)c1. The van der Waals surface area contributed by atoms with Crippen LogP contribution >= 0.6 is 11.3 Å². The highest BCUT2D eigenvalue weighted by Gasteiger charge is 2.12. The molecule has 0 aliphatic rings. The van der Waals surface area contributed by atoms with Gasteiger partial charge in [-0.1, -0.05) is 5.11 Å². The molecule has 18 heavy (non-hydrogen) atoms. The average molecular weight is 263 g/mol. The van der Waals surface area contributed by atoms with Crippen LogP contribution in [0.4, 0.5) is 10.1 Å². The Bertz CT molecular complexity index is 662. The Hall–Kier alpha value is -2.37.